The highest BCUT2D eigenvalue weighted by molar-refractivity contribution is 14.0. The molecule has 1 heterocycles. The van der Waals surface area contributed by atoms with Crippen LogP contribution in [0.4, 0.5) is 0 Å². The number of nitrogens with zero attached hydrogens (tertiary/aromatic N) is 4. The second-order valence-corrected chi connectivity index (χ2v) is 6.15. The number of nitrogens with one attached hydrogen (secondary N) is 2. The minimum atomic E-state index is 0. The van der Waals surface area contributed by atoms with E-state index in [9.17, 15) is 0 Å². The molecule has 150 valence electrons. The van der Waals surface area contributed by atoms with E-state index in [1.807, 2.05) is 4.57 Å². The average Bonchev–Trinajstić information content (AvgIpc) is 3.16. The van der Waals surface area contributed by atoms with Gasteiger partial charge in [-0.3, -0.25) is 4.99 Å². The summed E-state index contributed by atoms with van der Waals surface area (Å²) in [7, 11) is 1.71. The van der Waals surface area contributed by atoms with Crippen molar-refractivity contribution < 1.29 is 4.74 Å². The lowest BCUT2D eigenvalue weighted by atomic mass is 10.1. The van der Waals surface area contributed by atoms with Crippen LogP contribution in [-0.2, 0) is 13.0 Å². The first-order valence-corrected chi connectivity index (χ1v) is 9.21. The Morgan fingerprint density at radius 2 is 1.96 bits per heavy atom. The molecule has 0 radical (unpaired) electrons. The van der Waals surface area contributed by atoms with Crippen LogP contribution in [0.25, 0.3) is 0 Å². The molecule has 0 unspecified atom stereocenters. The molecular weight excluding hydrogens is 455 g/mol. The fraction of sp³-hybridized carbons (Fsp3) is 0.526. The molecule has 0 fully saturated rings. The zero-order valence-electron chi connectivity index (χ0n) is 16.4. The first-order valence-electron chi connectivity index (χ1n) is 9.21. The molecule has 0 saturated carbocycles. The molecule has 2 aromatic rings. The highest BCUT2D eigenvalue weighted by Gasteiger charge is 2.02. The van der Waals surface area contributed by atoms with Gasteiger partial charge >= 0.3 is 0 Å². The monoisotopic (exact) mass is 486 g/mol. The Hall–Kier alpha value is -1.84. The van der Waals surface area contributed by atoms with Crippen molar-refractivity contribution in [2.45, 2.75) is 39.7 Å². The Balaban J connectivity index is 0.00000364. The summed E-state index contributed by atoms with van der Waals surface area (Å²) in [5.41, 5.74) is 2.41. The van der Waals surface area contributed by atoms with E-state index in [0.717, 1.165) is 62.7 Å². The standard InChI is InChI=1S/C19H30N6O.HI/c1-4-20-19(21-10-5-6-12-25-14-23-24-15-25)22-11-9-17-8-7-16(2)18(13-17)26-3;/h7-8,13-15H,4-6,9-12H2,1-3H3,(H2,20,21,22);1H. The number of halogens is 1. The molecule has 7 nitrogen and oxygen atoms in total. The molecule has 2 rings (SSSR count). The van der Waals surface area contributed by atoms with Crippen LogP contribution in [0.15, 0.2) is 35.8 Å². The number of hydrogen-bond donors (Lipinski definition) is 2. The van der Waals surface area contributed by atoms with Gasteiger partial charge in [0.15, 0.2) is 5.96 Å². The summed E-state index contributed by atoms with van der Waals surface area (Å²) in [5.74, 6) is 1.81. The Morgan fingerprint density at radius 3 is 2.67 bits per heavy atom. The quantitative estimate of drug-likeness (QED) is 0.234. The van der Waals surface area contributed by atoms with Crippen LogP contribution < -0.4 is 15.4 Å². The van der Waals surface area contributed by atoms with Gasteiger partial charge < -0.3 is 19.9 Å². The summed E-state index contributed by atoms with van der Waals surface area (Å²) in [6.07, 6.45) is 6.51. The summed E-state index contributed by atoms with van der Waals surface area (Å²) in [4.78, 5) is 4.64. The summed E-state index contributed by atoms with van der Waals surface area (Å²) in [6.45, 7) is 7.55. The largest absolute Gasteiger partial charge is 0.496 e. The van der Waals surface area contributed by atoms with E-state index in [1.165, 1.54) is 5.56 Å². The summed E-state index contributed by atoms with van der Waals surface area (Å²) < 4.78 is 7.38. The van der Waals surface area contributed by atoms with Gasteiger partial charge in [-0.25, -0.2) is 0 Å². The van der Waals surface area contributed by atoms with Gasteiger partial charge in [0.05, 0.1) is 7.11 Å². The third kappa shape index (κ3) is 8.59. The van der Waals surface area contributed by atoms with Gasteiger partial charge in [-0.05, 0) is 50.3 Å². The highest BCUT2D eigenvalue weighted by atomic mass is 127. The Bertz CT molecular complexity index is 675. The van der Waals surface area contributed by atoms with Gasteiger partial charge in [0.1, 0.15) is 18.4 Å². The van der Waals surface area contributed by atoms with Gasteiger partial charge in [-0.1, -0.05) is 12.1 Å². The lowest BCUT2D eigenvalue weighted by molar-refractivity contribution is 0.411. The molecule has 0 saturated heterocycles. The van der Waals surface area contributed by atoms with Crippen molar-refractivity contribution in [1.82, 2.24) is 25.4 Å². The van der Waals surface area contributed by atoms with E-state index >= 15 is 0 Å². The summed E-state index contributed by atoms with van der Waals surface area (Å²) >= 11 is 0. The number of methoxy groups -OCH3 is 1. The third-order valence-corrected chi connectivity index (χ3v) is 4.08. The number of guanidine groups is 1. The van der Waals surface area contributed by atoms with Gasteiger partial charge in [0.2, 0.25) is 0 Å². The Labute approximate surface area is 179 Å². The molecule has 0 atom stereocenters. The molecule has 8 heteroatoms. The van der Waals surface area contributed by atoms with Gasteiger partial charge in [-0.15, -0.1) is 34.2 Å². The van der Waals surface area contributed by atoms with E-state index in [4.69, 9.17) is 4.74 Å². The van der Waals surface area contributed by atoms with E-state index in [0.29, 0.717) is 0 Å². The first kappa shape index (κ1) is 23.2. The lowest BCUT2D eigenvalue weighted by Crippen LogP contribution is -2.38. The maximum Gasteiger partial charge on any atom is 0.191 e. The zero-order chi connectivity index (χ0) is 18.6. The van der Waals surface area contributed by atoms with Crippen molar-refractivity contribution in [2.75, 3.05) is 26.7 Å². The third-order valence-electron chi connectivity index (χ3n) is 4.08. The van der Waals surface area contributed by atoms with Crippen LogP contribution in [0, 0.1) is 6.92 Å². The molecule has 0 spiro atoms. The predicted octanol–water partition coefficient (Wildman–Crippen LogP) is 2.79. The molecule has 0 aliphatic rings. The molecule has 2 N–H and O–H groups in total. The number of aliphatic imine (C=N–C) groups is 1. The zero-order valence-corrected chi connectivity index (χ0v) is 18.8. The number of aromatic nitrogens is 3. The van der Waals surface area contributed by atoms with Crippen molar-refractivity contribution in [2.24, 2.45) is 4.99 Å². The normalized spacial score (nSPS) is 11.0. The summed E-state index contributed by atoms with van der Waals surface area (Å²) in [5, 5.41) is 14.3. The molecule has 0 aliphatic heterocycles. The lowest BCUT2D eigenvalue weighted by Gasteiger charge is -2.12. The van der Waals surface area contributed by atoms with Crippen LogP contribution in [0.2, 0.25) is 0 Å². The molecule has 0 amide bonds. The number of unbranched alkanes of at least 4 members (excludes halogenated alkanes) is 1. The van der Waals surface area contributed by atoms with E-state index in [1.54, 1.807) is 19.8 Å². The number of rotatable bonds is 10. The minimum absolute atomic E-state index is 0. The van der Waals surface area contributed by atoms with Crippen molar-refractivity contribution in [3.8, 4) is 5.75 Å². The molecule has 27 heavy (non-hydrogen) atoms. The number of aryl methyl sites for hydroxylation is 2. The number of hydrogen-bond acceptors (Lipinski definition) is 4. The Morgan fingerprint density at radius 1 is 1.19 bits per heavy atom. The highest BCUT2D eigenvalue weighted by Crippen LogP contribution is 2.18. The van der Waals surface area contributed by atoms with E-state index in [-0.39, 0.29) is 24.0 Å². The van der Waals surface area contributed by atoms with Crippen molar-refractivity contribution in [1.29, 1.82) is 0 Å². The van der Waals surface area contributed by atoms with Crippen LogP contribution in [0.1, 0.15) is 30.9 Å². The fourth-order valence-electron chi connectivity index (χ4n) is 2.62. The topological polar surface area (TPSA) is 76.4 Å². The van der Waals surface area contributed by atoms with E-state index in [2.05, 4.69) is 57.9 Å². The second-order valence-electron chi connectivity index (χ2n) is 6.15. The molecule has 1 aromatic heterocycles. The fourth-order valence-corrected chi connectivity index (χ4v) is 2.62. The van der Waals surface area contributed by atoms with Crippen molar-refractivity contribution in [3.63, 3.8) is 0 Å². The molecule has 0 aliphatic carbocycles. The number of ether oxygens (including phenoxy) is 1. The van der Waals surface area contributed by atoms with Crippen LogP contribution in [0.3, 0.4) is 0 Å². The predicted molar refractivity (Wildman–Crippen MR) is 120 cm³/mol. The van der Waals surface area contributed by atoms with Crippen LogP contribution in [0.5, 0.6) is 5.75 Å². The van der Waals surface area contributed by atoms with Gasteiger partial charge in [-0.2, -0.15) is 0 Å². The van der Waals surface area contributed by atoms with Crippen LogP contribution in [-0.4, -0.2) is 47.5 Å². The van der Waals surface area contributed by atoms with Gasteiger partial charge in [0.25, 0.3) is 0 Å². The van der Waals surface area contributed by atoms with Crippen molar-refractivity contribution >= 4 is 29.9 Å². The SMILES string of the molecule is CCNC(=NCCCCn1cnnc1)NCCc1ccc(C)c(OC)c1.I. The molecule has 0 bridgehead atoms. The second kappa shape index (κ2) is 13.3. The average molecular weight is 486 g/mol. The number of benzene rings is 1. The molecule has 1 aromatic carbocycles. The maximum absolute atomic E-state index is 5.39. The minimum Gasteiger partial charge on any atom is -0.496 e. The molecular formula is C19H31IN6O. The van der Waals surface area contributed by atoms with Gasteiger partial charge in [0, 0.05) is 26.2 Å². The van der Waals surface area contributed by atoms with Crippen molar-refractivity contribution in [3.05, 3.63) is 42.0 Å². The van der Waals surface area contributed by atoms with Crippen LogP contribution >= 0.6 is 24.0 Å². The summed E-state index contributed by atoms with van der Waals surface area (Å²) in [6, 6.07) is 6.35. The maximum atomic E-state index is 5.39. The first-order chi connectivity index (χ1) is 12.7. The Kier molecular flexibility index (Phi) is 11.5. The smallest absolute Gasteiger partial charge is 0.191 e. The van der Waals surface area contributed by atoms with E-state index < -0.39 is 0 Å².